The first-order chi connectivity index (χ1) is 17.4. The fourth-order valence-corrected chi connectivity index (χ4v) is 5.31. The number of halogens is 1. The van der Waals surface area contributed by atoms with Crippen LogP contribution in [-0.2, 0) is 5.54 Å². The van der Waals surface area contributed by atoms with Gasteiger partial charge in [-0.1, -0.05) is 30.3 Å². The van der Waals surface area contributed by atoms with Crippen LogP contribution in [0.3, 0.4) is 0 Å². The first-order valence-electron chi connectivity index (χ1n) is 12.1. The zero-order chi connectivity index (χ0) is 25.3. The van der Waals surface area contributed by atoms with E-state index in [1.807, 2.05) is 30.3 Å². The van der Waals surface area contributed by atoms with Crippen molar-refractivity contribution in [3.63, 3.8) is 0 Å². The van der Waals surface area contributed by atoms with Gasteiger partial charge in [0.05, 0.1) is 29.6 Å². The Hall–Kier alpha value is -4.01. The van der Waals surface area contributed by atoms with Crippen LogP contribution in [0.4, 0.5) is 10.1 Å². The third-order valence-electron chi connectivity index (χ3n) is 7.52. The number of pyridine rings is 1. The van der Waals surface area contributed by atoms with E-state index in [1.54, 1.807) is 17.2 Å². The van der Waals surface area contributed by atoms with Gasteiger partial charge < -0.3 is 19.8 Å². The molecule has 0 unspecified atom stereocenters. The Labute approximate surface area is 209 Å². The molecule has 1 aromatic heterocycles. The molecule has 3 heterocycles. The van der Waals surface area contributed by atoms with E-state index >= 15 is 0 Å². The number of fused-ring (bicyclic) bond motifs is 1. The molecule has 0 bridgehead atoms. The molecular weight excluding hydrogens is 457 g/mol. The minimum Gasteiger partial charge on any atom is -0.370 e. The molecule has 182 valence electrons. The average molecular weight is 484 g/mol. The van der Waals surface area contributed by atoms with E-state index in [2.05, 4.69) is 19.6 Å². The molecule has 3 aromatic rings. The predicted octanol–water partition coefficient (Wildman–Crippen LogP) is 4.63. The Morgan fingerprint density at radius 2 is 1.67 bits per heavy atom. The first-order valence-corrected chi connectivity index (χ1v) is 12.1. The number of anilines is 1. The molecule has 5 rings (SSSR count). The van der Waals surface area contributed by atoms with Crippen molar-refractivity contribution >= 4 is 22.5 Å². The zero-order valence-electron chi connectivity index (χ0n) is 19.8. The Morgan fingerprint density at radius 1 is 0.972 bits per heavy atom. The molecule has 8 heteroatoms. The minimum atomic E-state index is -1.43. The fourth-order valence-electron chi connectivity index (χ4n) is 5.31. The summed E-state index contributed by atoms with van der Waals surface area (Å²) < 4.78 is 14.4. The molecule has 0 spiro atoms. The van der Waals surface area contributed by atoms with Gasteiger partial charge in [-0.05, 0) is 18.2 Å². The first kappa shape index (κ1) is 23.7. The van der Waals surface area contributed by atoms with Crippen molar-refractivity contribution in [3.05, 3.63) is 94.5 Å². The normalized spacial score (nSPS) is 18.9. The smallest absolute Gasteiger partial charge is 0.338 e. The van der Waals surface area contributed by atoms with E-state index in [-0.39, 0.29) is 31.8 Å². The predicted molar refractivity (Wildman–Crippen MR) is 135 cm³/mol. The molecule has 1 N–H and O–H groups in total. The van der Waals surface area contributed by atoms with Crippen molar-refractivity contribution in [2.45, 2.75) is 36.9 Å². The summed E-state index contributed by atoms with van der Waals surface area (Å²) in [5.41, 5.74) is 0.514. The van der Waals surface area contributed by atoms with Crippen LogP contribution in [0.2, 0.25) is 0 Å². The standard InChI is InChI=1S/C28H26FN5O2/c1-30-27(20-6-4-3-5-7-20)10-14-33(15-11-27)25-22-18-21(29)8-9-24(22)32-19-23(25)26(35)34-16-12-28(36,31-2)13-17-34/h3-9,18-19,36H,10-17H2. The van der Waals surface area contributed by atoms with E-state index < -0.39 is 17.1 Å². The summed E-state index contributed by atoms with van der Waals surface area (Å²) in [6.07, 6.45) is 3.06. The maximum atomic E-state index is 14.4. The molecule has 0 radical (unpaired) electrons. The quantitative estimate of drug-likeness (QED) is 0.552. The van der Waals surface area contributed by atoms with E-state index in [0.717, 1.165) is 5.56 Å². The third-order valence-corrected chi connectivity index (χ3v) is 7.52. The van der Waals surface area contributed by atoms with Crippen molar-refractivity contribution in [3.8, 4) is 0 Å². The van der Waals surface area contributed by atoms with Crippen LogP contribution in [0.1, 0.15) is 41.6 Å². The summed E-state index contributed by atoms with van der Waals surface area (Å²) in [5, 5.41) is 10.8. The lowest BCUT2D eigenvalue weighted by Crippen LogP contribution is -2.46. The van der Waals surface area contributed by atoms with Gasteiger partial charge in [-0.15, -0.1) is 0 Å². The number of piperidine rings is 2. The van der Waals surface area contributed by atoms with Crippen LogP contribution in [0.5, 0.6) is 0 Å². The molecule has 0 aliphatic carbocycles. The Kier molecular flexibility index (Phi) is 6.07. The number of carbonyl (C=O) groups is 1. The zero-order valence-corrected chi connectivity index (χ0v) is 19.8. The summed E-state index contributed by atoms with van der Waals surface area (Å²) in [4.78, 5) is 29.1. The maximum Gasteiger partial charge on any atom is 0.338 e. The van der Waals surface area contributed by atoms with Gasteiger partial charge in [0, 0.05) is 56.2 Å². The van der Waals surface area contributed by atoms with Crippen molar-refractivity contribution in [1.29, 1.82) is 0 Å². The number of hydrogen-bond donors (Lipinski definition) is 1. The molecule has 2 aliphatic rings. The lowest BCUT2D eigenvalue weighted by Gasteiger charge is -2.37. The SMILES string of the molecule is [C-]#[N+]C1(O)CCN(C(=O)c2cnc3ccc(F)cc3c2N2CCC([N+]#[C-])(c3ccccc3)CC2)CC1. The summed E-state index contributed by atoms with van der Waals surface area (Å²) >= 11 is 0. The maximum absolute atomic E-state index is 14.4. The fraction of sp³-hybridized carbons (Fsp3) is 0.357. The van der Waals surface area contributed by atoms with Crippen molar-refractivity contribution in [2.75, 3.05) is 31.1 Å². The van der Waals surface area contributed by atoms with Crippen molar-refractivity contribution in [2.24, 2.45) is 0 Å². The number of aliphatic hydroxyl groups is 1. The van der Waals surface area contributed by atoms with Gasteiger partial charge in [-0.3, -0.25) is 14.6 Å². The highest BCUT2D eigenvalue weighted by atomic mass is 19.1. The summed E-state index contributed by atoms with van der Waals surface area (Å²) in [5.74, 6) is -0.659. The number of benzene rings is 2. The number of amides is 1. The number of rotatable bonds is 3. The van der Waals surface area contributed by atoms with Gasteiger partial charge in [0.1, 0.15) is 5.82 Å². The van der Waals surface area contributed by atoms with Crippen LogP contribution in [0.15, 0.2) is 54.7 Å². The summed E-state index contributed by atoms with van der Waals surface area (Å²) in [6, 6.07) is 14.2. The molecule has 0 saturated carbocycles. The second-order valence-electron chi connectivity index (χ2n) is 9.56. The van der Waals surface area contributed by atoms with Gasteiger partial charge in [0.15, 0.2) is 0 Å². The van der Waals surface area contributed by atoms with Crippen LogP contribution >= 0.6 is 0 Å². The minimum absolute atomic E-state index is 0.182. The number of likely N-dealkylation sites (tertiary alicyclic amines) is 1. The second kappa shape index (κ2) is 9.22. The van der Waals surface area contributed by atoms with Crippen molar-refractivity contribution in [1.82, 2.24) is 9.88 Å². The van der Waals surface area contributed by atoms with Crippen molar-refractivity contribution < 1.29 is 14.3 Å². The van der Waals surface area contributed by atoms with Gasteiger partial charge in [-0.25, -0.2) is 17.5 Å². The van der Waals surface area contributed by atoms with Gasteiger partial charge in [0.2, 0.25) is 0 Å². The Bertz CT molecular complexity index is 1380. The number of hydrogen-bond acceptors (Lipinski definition) is 4. The highest BCUT2D eigenvalue weighted by Gasteiger charge is 2.44. The van der Waals surface area contributed by atoms with E-state index in [1.165, 1.54) is 12.1 Å². The highest BCUT2D eigenvalue weighted by Crippen LogP contribution is 2.41. The Morgan fingerprint density at radius 3 is 2.31 bits per heavy atom. The van der Waals surface area contributed by atoms with Crippen LogP contribution in [-0.4, -0.2) is 52.8 Å². The number of aromatic nitrogens is 1. The monoisotopic (exact) mass is 483 g/mol. The lowest BCUT2D eigenvalue weighted by atomic mass is 9.81. The van der Waals surface area contributed by atoms with E-state index in [0.29, 0.717) is 48.1 Å². The second-order valence-corrected chi connectivity index (χ2v) is 9.56. The topological polar surface area (TPSA) is 65.4 Å². The van der Waals surface area contributed by atoms with Gasteiger partial charge >= 0.3 is 5.72 Å². The molecule has 2 fully saturated rings. The molecule has 0 atom stereocenters. The van der Waals surface area contributed by atoms with E-state index in [4.69, 9.17) is 13.1 Å². The largest absolute Gasteiger partial charge is 0.370 e. The number of carbonyl (C=O) groups excluding carboxylic acids is 1. The van der Waals surface area contributed by atoms with Crippen LogP contribution in [0, 0.1) is 19.0 Å². The molecular formula is C28H26FN5O2. The molecule has 2 aliphatic heterocycles. The molecule has 7 nitrogen and oxygen atoms in total. The van der Waals surface area contributed by atoms with Crippen LogP contribution < -0.4 is 4.90 Å². The van der Waals surface area contributed by atoms with Gasteiger partial charge in [-0.2, -0.15) is 0 Å². The summed E-state index contributed by atoms with van der Waals surface area (Å²) in [6.45, 7) is 16.7. The average Bonchev–Trinajstić information content (AvgIpc) is 2.93. The number of nitrogens with zero attached hydrogens (tertiary/aromatic N) is 5. The van der Waals surface area contributed by atoms with Gasteiger partial charge in [0.25, 0.3) is 11.4 Å². The molecule has 2 aromatic carbocycles. The molecule has 1 amide bonds. The van der Waals surface area contributed by atoms with Crippen LogP contribution in [0.25, 0.3) is 20.6 Å². The lowest BCUT2D eigenvalue weighted by molar-refractivity contribution is 0.0170. The highest BCUT2D eigenvalue weighted by molar-refractivity contribution is 6.07. The third kappa shape index (κ3) is 4.14. The molecule has 2 saturated heterocycles. The van der Waals surface area contributed by atoms with E-state index in [9.17, 15) is 14.3 Å². The summed E-state index contributed by atoms with van der Waals surface area (Å²) in [7, 11) is 0. The molecule has 36 heavy (non-hydrogen) atoms. The Balaban J connectivity index is 1.50.